The number of rotatable bonds is 5. The van der Waals surface area contributed by atoms with E-state index in [0.717, 1.165) is 17.8 Å². The van der Waals surface area contributed by atoms with Crippen LogP contribution in [0.2, 0.25) is 0 Å². The van der Waals surface area contributed by atoms with Crippen LogP contribution in [0.5, 0.6) is 0 Å². The molecule has 32 heavy (non-hydrogen) atoms. The number of para-hydroxylation sites is 1. The van der Waals surface area contributed by atoms with Crippen LogP contribution in [0.1, 0.15) is 71.8 Å². The number of nitriles is 1. The van der Waals surface area contributed by atoms with Gasteiger partial charge in [-0.3, -0.25) is 0 Å². The summed E-state index contributed by atoms with van der Waals surface area (Å²) in [6, 6.07) is 12.0. The zero-order valence-corrected chi connectivity index (χ0v) is 20.0. The molecule has 0 spiro atoms. The molecule has 0 amide bonds. The van der Waals surface area contributed by atoms with Gasteiger partial charge in [0.2, 0.25) is 0 Å². The number of nitrogens with two attached hydrogens (primary N) is 1. The Balaban J connectivity index is 2.19. The van der Waals surface area contributed by atoms with Crippen LogP contribution in [0.3, 0.4) is 0 Å². The number of benzene rings is 1. The van der Waals surface area contributed by atoms with E-state index in [-0.39, 0.29) is 10.8 Å². The van der Waals surface area contributed by atoms with Crippen molar-refractivity contribution in [3.8, 4) is 11.8 Å². The van der Waals surface area contributed by atoms with Crippen molar-refractivity contribution in [2.24, 2.45) is 10.2 Å². The maximum atomic E-state index is 9.89. The monoisotopic (exact) mass is 432 g/mol. The van der Waals surface area contributed by atoms with Crippen molar-refractivity contribution in [2.45, 2.75) is 72.3 Å². The summed E-state index contributed by atoms with van der Waals surface area (Å²) in [6.45, 7) is 15.0. The standard InChI is InChI=1S/C24H32N8/c1-8-14-31-22(17(15-25)19(29-31)23(2,3)4)28-27-18-20(24(5,6)7)30-32(21(18)26)16-12-10-9-11-13-16/h9-13H,8,14,26H2,1-7H3. The highest BCUT2D eigenvalue weighted by Crippen LogP contribution is 2.39. The second kappa shape index (κ2) is 8.58. The van der Waals surface area contributed by atoms with E-state index in [1.807, 2.05) is 51.1 Å². The molecule has 0 aliphatic carbocycles. The largest absolute Gasteiger partial charge is 0.382 e. The van der Waals surface area contributed by atoms with Gasteiger partial charge in [0.25, 0.3) is 0 Å². The number of anilines is 1. The summed E-state index contributed by atoms with van der Waals surface area (Å²) in [5.74, 6) is 0.854. The van der Waals surface area contributed by atoms with Gasteiger partial charge in [-0.05, 0) is 18.6 Å². The summed E-state index contributed by atoms with van der Waals surface area (Å²) in [4.78, 5) is 0. The molecule has 3 rings (SSSR count). The van der Waals surface area contributed by atoms with Gasteiger partial charge in [-0.25, -0.2) is 9.36 Å². The Morgan fingerprint density at radius 2 is 1.59 bits per heavy atom. The van der Waals surface area contributed by atoms with Gasteiger partial charge in [0, 0.05) is 17.4 Å². The van der Waals surface area contributed by atoms with Gasteiger partial charge in [0.05, 0.1) is 17.1 Å². The Labute approximate surface area is 189 Å². The molecule has 1 aromatic carbocycles. The summed E-state index contributed by atoms with van der Waals surface area (Å²) in [6.07, 6.45) is 0.861. The summed E-state index contributed by atoms with van der Waals surface area (Å²) in [5, 5.41) is 28.4. The van der Waals surface area contributed by atoms with Gasteiger partial charge in [-0.1, -0.05) is 66.7 Å². The van der Waals surface area contributed by atoms with Crippen LogP contribution in [-0.4, -0.2) is 19.6 Å². The molecular weight excluding hydrogens is 400 g/mol. The Bertz CT molecular complexity index is 1160. The van der Waals surface area contributed by atoms with E-state index in [0.29, 0.717) is 35.1 Å². The lowest BCUT2D eigenvalue weighted by atomic mass is 9.90. The summed E-state index contributed by atoms with van der Waals surface area (Å²) >= 11 is 0. The van der Waals surface area contributed by atoms with Crippen molar-refractivity contribution >= 4 is 17.3 Å². The first-order valence-electron chi connectivity index (χ1n) is 10.9. The quantitative estimate of drug-likeness (QED) is 0.503. The van der Waals surface area contributed by atoms with E-state index in [4.69, 9.17) is 10.8 Å². The van der Waals surface area contributed by atoms with Crippen molar-refractivity contribution in [3.63, 3.8) is 0 Å². The number of aryl methyl sites for hydroxylation is 1. The first kappa shape index (κ1) is 23.2. The van der Waals surface area contributed by atoms with Gasteiger partial charge in [0.1, 0.15) is 11.6 Å². The molecule has 0 saturated heterocycles. The second-order valence-corrected chi connectivity index (χ2v) is 9.91. The number of hydrogen-bond donors (Lipinski definition) is 1. The second-order valence-electron chi connectivity index (χ2n) is 9.91. The average Bonchev–Trinajstić information content (AvgIpc) is 3.24. The molecule has 0 bridgehead atoms. The smallest absolute Gasteiger partial charge is 0.191 e. The topological polar surface area (TPSA) is 110 Å². The fourth-order valence-electron chi connectivity index (χ4n) is 3.44. The van der Waals surface area contributed by atoms with Crippen molar-refractivity contribution in [1.82, 2.24) is 19.6 Å². The van der Waals surface area contributed by atoms with E-state index in [2.05, 4.69) is 49.1 Å². The third-order valence-corrected chi connectivity index (χ3v) is 5.03. The van der Waals surface area contributed by atoms with E-state index < -0.39 is 0 Å². The maximum absolute atomic E-state index is 9.89. The minimum Gasteiger partial charge on any atom is -0.382 e. The number of nitrogen functional groups attached to an aromatic ring is 1. The van der Waals surface area contributed by atoms with Gasteiger partial charge < -0.3 is 5.73 Å². The molecule has 0 saturated carbocycles. The number of hydrogen-bond acceptors (Lipinski definition) is 6. The Morgan fingerprint density at radius 3 is 2.12 bits per heavy atom. The van der Waals surface area contributed by atoms with Crippen molar-refractivity contribution in [2.75, 3.05) is 5.73 Å². The highest BCUT2D eigenvalue weighted by atomic mass is 15.4. The highest BCUT2D eigenvalue weighted by molar-refractivity contribution is 5.66. The maximum Gasteiger partial charge on any atom is 0.191 e. The molecule has 0 aliphatic rings. The van der Waals surface area contributed by atoms with Crippen LogP contribution in [0, 0.1) is 11.3 Å². The van der Waals surface area contributed by atoms with Gasteiger partial charge in [0.15, 0.2) is 17.3 Å². The van der Waals surface area contributed by atoms with Gasteiger partial charge in [-0.15, -0.1) is 10.2 Å². The van der Waals surface area contributed by atoms with Crippen LogP contribution in [-0.2, 0) is 17.4 Å². The summed E-state index contributed by atoms with van der Waals surface area (Å²) in [5.41, 5.74) is 9.15. The molecule has 0 fully saturated rings. The van der Waals surface area contributed by atoms with Crippen LogP contribution in [0.25, 0.3) is 5.69 Å². The molecule has 8 nitrogen and oxygen atoms in total. The molecule has 0 unspecified atom stereocenters. The Kier molecular flexibility index (Phi) is 6.22. The molecule has 3 aromatic rings. The third kappa shape index (κ3) is 4.42. The predicted octanol–water partition coefficient (Wildman–Crippen LogP) is 5.94. The molecule has 2 heterocycles. The van der Waals surface area contributed by atoms with Gasteiger partial charge >= 0.3 is 0 Å². The fraction of sp³-hybridized carbons (Fsp3) is 0.458. The minimum absolute atomic E-state index is 0.290. The van der Waals surface area contributed by atoms with Crippen LogP contribution in [0.4, 0.5) is 17.3 Å². The zero-order chi connectivity index (χ0) is 23.7. The van der Waals surface area contributed by atoms with Crippen LogP contribution in [0.15, 0.2) is 40.6 Å². The lowest BCUT2D eigenvalue weighted by Gasteiger charge is -2.15. The SMILES string of the molecule is CCCn1nc(C(C)(C)C)c(C#N)c1N=Nc1c(C(C)(C)C)nn(-c2ccccc2)c1N. The lowest BCUT2D eigenvalue weighted by Crippen LogP contribution is -2.14. The normalized spacial score (nSPS) is 12.4. The van der Waals surface area contributed by atoms with Crippen molar-refractivity contribution in [1.29, 1.82) is 5.26 Å². The molecule has 2 N–H and O–H groups in total. The lowest BCUT2D eigenvalue weighted by molar-refractivity contribution is 0.529. The fourth-order valence-corrected chi connectivity index (χ4v) is 3.44. The number of aromatic nitrogens is 4. The minimum atomic E-state index is -0.305. The number of azo groups is 1. The molecule has 168 valence electrons. The predicted molar refractivity (Wildman–Crippen MR) is 127 cm³/mol. The third-order valence-electron chi connectivity index (χ3n) is 5.03. The zero-order valence-electron chi connectivity index (χ0n) is 20.0. The van der Waals surface area contributed by atoms with Crippen LogP contribution < -0.4 is 5.73 Å². The van der Waals surface area contributed by atoms with E-state index in [1.54, 1.807) is 9.36 Å². The van der Waals surface area contributed by atoms with Gasteiger partial charge in [-0.2, -0.15) is 15.5 Å². The Hall–Kier alpha value is -3.47. The first-order valence-corrected chi connectivity index (χ1v) is 10.9. The highest BCUT2D eigenvalue weighted by Gasteiger charge is 2.29. The van der Waals surface area contributed by atoms with E-state index in [1.165, 1.54) is 0 Å². The van der Waals surface area contributed by atoms with E-state index >= 15 is 0 Å². The van der Waals surface area contributed by atoms with Crippen molar-refractivity contribution in [3.05, 3.63) is 47.3 Å². The molecule has 2 aromatic heterocycles. The molecule has 0 aliphatic heterocycles. The molecular formula is C24H32N8. The summed E-state index contributed by atoms with van der Waals surface area (Å²) < 4.78 is 3.45. The molecule has 0 radical (unpaired) electrons. The Morgan fingerprint density at radius 1 is 0.969 bits per heavy atom. The molecule has 0 atom stereocenters. The first-order chi connectivity index (χ1) is 15.0. The molecule has 8 heteroatoms. The van der Waals surface area contributed by atoms with Crippen molar-refractivity contribution < 1.29 is 0 Å². The van der Waals surface area contributed by atoms with Crippen LogP contribution >= 0.6 is 0 Å². The number of nitrogens with zero attached hydrogens (tertiary/aromatic N) is 7. The van der Waals surface area contributed by atoms with E-state index in [9.17, 15) is 5.26 Å². The summed E-state index contributed by atoms with van der Waals surface area (Å²) in [7, 11) is 0. The average molecular weight is 433 g/mol.